The molecule has 22 heavy (non-hydrogen) atoms. The van der Waals surface area contributed by atoms with Crippen molar-refractivity contribution >= 4 is 34.0 Å². The first-order valence-corrected chi connectivity index (χ1v) is 6.53. The fourth-order valence-corrected chi connectivity index (χ4v) is 2.07. The quantitative estimate of drug-likeness (QED) is 0.708. The van der Waals surface area contributed by atoms with Gasteiger partial charge in [-0.1, -0.05) is 18.2 Å². The molecule has 0 aliphatic heterocycles. The maximum absolute atomic E-state index is 13.0. The molecule has 0 amide bonds. The summed E-state index contributed by atoms with van der Waals surface area (Å²) in [6.45, 7) is 0. The van der Waals surface area contributed by atoms with E-state index in [0.717, 1.165) is 10.9 Å². The molecule has 112 valence electrons. The molecule has 4 nitrogen and oxygen atoms in total. The topological polar surface area (TPSA) is 50.7 Å². The van der Waals surface area contributed by atoms with Crippen molar-refractivity contribution in [3.05, 3.63) is 53.6 Å². The molecule has 2 heterocycles. The maximum Gasteiger partial charge on any atom is 0.421 e. The van der Waals surface area contributed by atoms with E-state index in [4.69, 9.17) is 11.6 Å². The molecule has 0 bridgehead atoms. The Labute approximate surface area is 128 Å². The number of benzene rings is 1. The standard InChI is InChI=1S/C14H8ClF3N4/c15-13-20-7-10(14(16,17)18)12(22-13)21-9-5-8-3-1-2-4-11(8)19-6-9/h1-7H,(H,20,21,22). The minimum Gasteiger partial charge on any atom is -0.338 e. The van der Waals surface area contributed by atoms with Crippen LogP contribution < -0.4 is 5.32 Å². The summed E-state index contributed by atoms with van der Waals surface area (Å²) in [5.41, 5.74) is 0.119. The van der Waals surface area contributed by atoms with Crippen LogP contribution in [0.15, 0.2) is 42.7 Å². The van der Waals surface area contributed by atoms with Crippen LogP contribution in [0.25, 0.3) is 10.9 Å². The van der Waals surface area contributed by atoms with Crippen molar-refractivity contribution in [3.8, 4) is 0 Å². The molecule has 0 radical (unpaired) electrons. The van der Waals surface area contributed by atoms with Crippen molar-refractivity contribution in [2.75, 3.05) is 5.32 Å². The van der Waals surface area contributed by atoms with E-state index in [1.807, 2.05) is 24.3 Å². The minimum atomic E-state index is -4.59. The molecular formula is C14H8ClF3N4. The van der Waals surface area contributed by atoms with Crippen molar-refractivity contribution in [2.45, 2.75) is 6.18 Å². The van der Waals surface area contributed by atoms with Gasteiger partial charge in [0.1, 0.15) is 11.4 Å². The Morgan fingerprint density at radius 2 is 1.82 bits per heavy atom. The number of anilines is 2. The predicted octanol–water partition coefficient (Wildman–Crippen LogP) is 4.44. The number of hydrogen-bond acceptors (Lipinski definition) is 4. The zero-order valence-electron chi connectivity index (χ0n) is 10.9. The molecule has 3 rings (SSSR count). The minimum absolute atomic E-state index is 0.274. The van der Waals surface area contributed by atoms with E-state index in [9.17, 15) is 13.2 Å². The third-order valence-electron chi connectivity index (χ3n) is 2.92. The number of nitrogens with one attached hydrogen (secondary N) is 1. The molecule has 0 unspecified atom stereocenters. The van der Waals surface area contributed by atoms with Gasteiger partial charge in [0, 0.05) is 11.6 Å². The Balaban J connectivity index is 2.02. The van der Waals surface area contributed by atoms with Crippen molar-refractivity contribution < 1.29 is 13.2 Å². The third kappa shape index (κ3) is 2.94. The van der Waals surface area contributed by atoms with Crippen LogP contribution in [0.2, 0.25) is 5.28 Å². The SMILES string of the molecule is FC(F)(F)c1cnc(Cl)nc1Nc1cnc2ccccc2c1. The highest BCUT2D eigenvalue weighted by Gasteiger charge is 2.35. The lowest BCUT2D eigenvalue weighted by Gasteiger charge is -2.13. The zero-order valence-corrected chi connectivity index (χ0v) is 11.7. The van der Waals surface area contributed by atoms with Crippen LogP contribution in [0, 0.1) is 0 Å². The molecule has 1 N–H and O–H groups in total. The summed E-state index contributed by atoms with van der Waals surface area (Å²) in [5.74, 6) is -0.412. The van der Waals surface area contributed by atoms with Crippen LogP contribution in [0.1, 0.15) is 5.56 Å². The second kappa shape index (κ2) is 5.42. The summed E-state index contributed by atoms with van der Waals surface area (Å²) < 4.78 is 38.9. The fourth-order valence-electron chi connectivity index (χ4n) is 1.94. The molecule has 0 atom stereocenters. The van der Waals surface area contributed by atoms with Crippen LogP contribution in [0.4, 0.5) is 24.7 Å². The summed E-state index contributed by atoms with van der Waals surface area (Å²) in [6.07, 6.45) is -2.51. The number of alkyl halides is 3. The van der Waals surface area contributed by atoms with Gasteiger partial charge in [0.2, 0.25) is 5.28 Å². The molecule has 1 aromatic carbocycles. The Hall–Kier alpha value is -2.41. The highest BCUT2D eigenvalue weighted by atomic mass is 35.5. The van der Waals surface area contributed by atoms with Gasteiger partial charge in [-0.2, -0.15) is 18.2 Å². The summed E-state index contributed by atoms with van der Waals surface area (Å²) in [7, 11) is 0. The van der Waals surface area contributed by atoms with Crippen LogP contribution in [0.3, 0.4) is 0 Å². The summed E-state index contributed by atoms with van der Waals surface area (Å²) in [6, 6.07) is 8.94. The number of pyridine rings is 1. The van der Waals surface area contributed by atoms with Gasteiger partial charge in [-0.15, -0.1) is 0 Å². The van der Waals surface area contributed by atoms with E-state index < -0.39 is 17.6 Å². The monoisotopic (exact) mass is 324 g/mol. The summed E-state index contributed by atoms with van der Waals surface area (Å²) >= 11 is 5.58. The first-order valence-electron chi connectivity index (χ1n) is 6.15. The van der Waals surface area contributed by atoms with E-state index in [-0.39, 0.29) is 5.28 Å². The molecule has 0 saturated heterocycles. The van der Waals surface area contributed by atoms with Gasteiger partial charge in [-0.05, 0) is 23.7 Å². The number of para-hydroxylation sites is 1. The molecule has 0 aliphatic rings. The first-order chi connectivity index (χ1) is 10.4. The zero-order chi connectivity index (χ0) is 15.7. The molecule has 8 heteroatoms. The molecule has 0 fully saturated rings. The fraction of sp³-hybridized carbons (Fsp3) is 0.0714. The predicted molar refractivity (Wildman–Crippen MR) is 77.1 cm³/mol. The van der Waals surface area contributed by atoms with E-state index in [1.165, 1.54) is 6.20 Å². The second-order valence-electron chi connectivity index (χ2n) is 4.44. The maximum atomic E-state index is 13.0. The number of rotatable bonds is 2. The highest BCUT2D eigenvalue weighted by molar-refractivity contribution is 6.28. The van der Waals surface area contributed by atoms with Gasteiger partial charge < -0.3 is 5.32 Å². The van der Waals surface area contributed by atoms with Crippen molar-refractivity contribution in [1.29, 1.82) is 0 Å². The Morgan fingerprint density at radius 1 is 1.05 bits per heavy atom. The van der Waals surface area contributed by atoms with Gasteiger partial charge in [0.05, 0.1) is 17.4 Å². The van der Waals surface area contributed by atoms with E-state index in [2.05, 4.69) is 20.3 Å². The van der Waals surface area contributed by atoms with Crippen molar-refractivity contribution in [3.63, 3.8) is 0 Å². The molecule has 0 saturated carbocycles. The van der Waals surface area contributed by atoms with E-state index in [0.29, 0.717) is 11.9 Å². The van der Waals surface area contributed by atoms with Crippen LogP contribution >= 0.6 is 11.6 Å². The lowest BCUT2D eigenvalue weighted by molar-refractivity contribution is -0.137. The van der Waals surface area contributed by atoms with Gasteiger partial charge in [0.15, 0.2) is 0 Å². The Bertz CT molecular complexity index is 836. The third-order valence-corrected chi connectivity index (χ3v) is 3.10. The van der Waals surface area contributed by atoms with Crippen molar-refractivity contribution in [2.24, 2.45) is 0 Å². The van der Waals surface area contributed by atoms with Crippen molar-refractivity contribution in [1.82, 2.24) is 15.0 Å². The Morgan fingerprint density at radius 3 is 2.59 bits per heavy atom. The summed E-state index contributed by atoms with van der Waals surface area (Å²) in [5, 5.41) is 3.11. The average Bonchev–Trinajstić information content (AvgIpc) is 2.46. The first kappa shape index (κ1) is 14.5. The van der Waals surface area contributed by atoms with Gasteiger partial charge in [-0.3, -0.25) is 4.98 Å². The number of aromatic nitrogens is 3. The molecule has 3 aromatic rings. The van der Waals surface area contributed by atoms with Gasteiger partial charge in [-0.25, -0.2) is 4.98 Å². The van der Waals surface area contributed by atoms with Gasteiger partial charge in [0.25, 0.3) is 0 Å². The summed E-state index contributed by atoms with van der Waals surface area (Å²) in [4.78, 5) is 11.2. The van der Waals surface area contributed by atoms with Crippen LogP contribution in [0.5, 0.6) is 0 Å². The molecular weight excluding hydrogens is 317 g/mol. The number of nitrogens with zero attached hydrogens (tertiary/aromatic N) is 3. The molecule has 0 aliphatic carbocycles. The van der Waals surface area contributed by atoms with E-state index in [1.54, 1.807) is 6.07 Å². The van der Waals surface area contributed by atoms with E-state index >= 15 is 0 Å². The molecule has 2 aromatic heterocycles. The number of halogens is 4. The average molecular weight is 325 g/mol. The largest absolute Gasteiger partial charge is 0.421 e. The number of hydrogen-bond donors (Lipinski definition) is 1. The molecule has 0 spiro atoms. The lowest BCUT2D eigenvalue weighted by atomic mass is 10.2. The van der Waals surface area contributed by atoms with Crippen LogP contribution in [-0.4, -0.2) is 15.0 Å². The lowest BCUT2D eigenvalue weighted by Crippen LogP contribution is -2.11. The Kier molecular flexibility index (Phi) is 3.58. The normalized spacial score (nSPS) is 11.6. The van der Waals surface area contributed by atoms with Crippen LogP contribution in [-0.2, 0) is 6.18 Å². The highest BCUT2D eigenvalue weighted by Crippen LogP contribution is 2.35. The number of fused-ring (bicyclic) bond motifs is 1. The van der Waals surface area contributed by atoms with Gasteiger partial charge >= 0.3 is 6.18 Å². The second-order valence-corrected chi connectivity index (χ2v) is 4.78. The smallest absolute Gasteiger partial charge is 0.338 e.